The molecule has 7 nitrogen and oxygen atoms in total. The van der Waals surface area contributed by atoms with Crippen molar-refractivity contribution in [1.82, 2.24) is 9.55 Å². The van der Waals surface area contributed by atoms with Crippen LogP contribution in [0.5, 0.6) is 0 Å². The van der Waals surface area contributed by atoms with E-state index < -0.39 is 11.9 Å². The third-order valence-corrected chi connectivity index (χ3v) is 5.54. The predicted molar refractivity (Wildman–Crippen MR) is 128 cm³/mol. The van der Waals surface area contributed by atoms with Crippen molar-refractivity contribution in [2.45, 2.75) is 18.9 Å². The van der Waals surface area contributed by atoms with Gasteiger partial charge in [0.05, 0.1) is 11.0 Å². The second kappa shape index (κ2) is 10.1. The molecule has 1 amide bonds. The van der Waals surface area contributed by atoms with E-state index >= 15 is 0 Å². The van der Waals surface area contributed by atoms with Gasteiger partial charge in [0.25, 0.3) is 0 Å². The van der Waals surface area contributed by atoms with Gasteiger partial charge >= 0.3 is 0 Å². The highest BCUT2D eigenvalue weighted by Crippen LogP contribution is 2.27. The number of para-hydroxylation sites is 2. The molecule has 0 spiro atoms. The zero-order chi connectivity index (χ0) is 23.2. The van der Waals surface area contributed by atoms with Gasteiger partial charge in [-0.05, 0) is 24.1 Å². The fourth-order valence-electron chi connectivity index (χ4n) is 3.85. The molecule has 1 aromatic heterocycles. The highest BCUT2D eigenvalue weighted by atomic mass is 16.3. The van der Waals surface area contributed by atoms with Crippen molar-refractivity contribution < 1.29 is 14.7 Å². The summed E-state index contributed by atoms with van der Waals surface area (Å²) in [4.78, 5) is 29.8. The number of amides is 1. The van der Waals surface area contributed by atoms with Gasteiger partial charge in [0, 0.05) is 30.7 Å². The second-order valence-corrected chi connectivity index (χ2v) is 7.81. The maximum atomic E-state index is 12.7. The van der Waals surface area contributed by atoms with Gasteiger partial charge in [0.2, 0.25) is 11.9 Å². The molecule has 0 bridgehead atoms. The van der Waals surface area contributed by atoms with E-state index in [1.54, 1.807) is 24.3 Å². The van der Waals surface area contributed by atoms with Crippen LogP contribution in [0.3, 0.4) is 0 Å². The van der Waals surface area contributed by atoms with Crippen LogP contribution in [0.1, 0.15) is 33.9 Å². The number of nitrogens with zero attached hydrogens (tertiary/aromatic N) is 2. The van der Waals surface area contributed by atoms with Crippen molar-refractivity contribution in [3.63, 3.8) is 0 Å². The monoisotopic (exact) mass is 442 g/mol. The highest BCUT2D eigenvalue weighted by Gasteiger charge is 2.24. The van der Waals surface area contributed by atoms with Gasteiger partial charge in [-0.25, -0.2) is 4.98 Å². The Hall–Kier alpha value is -3.97. The van der Waals surface area contributed by atoms with Crippen LogP contribution in [0.25, 0.3) is 11.0 Å². The molecule has 7 heteroatoms. The Kier molecular flexibility index (Phi) is 6.80. The van der Waals surface area contributed by atoms with Crippen molar-refractivity contribution in [1.29, 1.82) is 0 Å². The molecule has 1 unspecified atom stereocenters. The Morgan fingerprint density at radius 2 is 1.61 bits per heavy atom. The van der Waals surface area contributed by atoms with E-state index in [4.69, 9.17) is 10.8 Å². The van der Waals surface area contributed by atoms with Crippen molar-refractivity contribution in [2.75, 3.05) is 18.5 Å². The number of rotatable bonds is 10. The topological polar surface area (TPSA) is 110 Å². The summed E-state index contributed by atoms with van der Waals surface area (Å²) in [5, 5.41) is 12.3. The Morgan fingerprint density at radius 3 is 2.30 bits per heavy atom. The highest BCUT2D eigenvalue weighted by molar-refractivity contribution is 6.08. The largest absolute Gasteiger partial charge is 0.396 e. The number of primary amides is 1. The van der Waals surface area contributed by atoms with Crippen LogP contribution in [-0.2, 0) is 11.2 Å². The number of aliphatic hydroxyl groups is 1. The molecule has 4 rings (SSSR count). The SMILES string of the molecule is NC(=O)C(Cc1ccc(C(=O)c2ccccc2)cc1)n1c(NCCCO)nc2ccccc21. The minimum absolute atomic E-state index is 0.0513. The van der Waals surface area contributed by atoms with Crippen LogP contribution in [0.2, 0.25) is 0 Å². The minimum atomic E-state index is -0.676. The molecular formula is C26H26N4O3. The molecule has 1 atom stereocenters. The van der Waals surface area contributed by atoms with Gasteiger partial charge < -0.3 is 16.2 Å². The lowest BCUT2D eigenvalue weighted by atomic mass is 9.99. The molecule has 0 aliphatic heterocycles. The van der Waals surface area contributed by atoms with Gasteiger partial charge in [-0.1, -0.05) is 66.7 Å². The fraction of sp³-hybridized carbons (Fsp3) is 0.192. The summed E-state index contributed by atoms with van der Waals surface area (Å²) in [6.07, 6.45) is 0.908. The number of aliphatic hydroxyl groups excluding tert-OH is 1. The smallest absolute Gasteiger partial charge is 0.240 e. The molecule has 1 heterocycles. The molecule has 4 N–H and O–H groups in total. The van der Waals surface area contributed by atoms with E-state index in [9.17, 15) is 9.59 Å². The summed E-state index contributed by atoms with van der Waals surface area (Å²) in [5.41, 5.74) is 9.47. The standard InChI is InChI=1S/C26H26N4O3/c27-25(33)23(30-22-10-5-4-9-21(22)29-26(30)28-15-6-16-31)17-18-11-13-20(14-12-18)24(32)19-7-2-1-3-8-19/h1-5,7-14,23,31H,6,15-17H2,(H2,27,33)(H,28,29). The summed E-state index contributed by atoms with van der Waals surface area (Å²) in [7, 11) is 0. The first kappa shape index (κ1) is 22.2. The Labute approximate surface area is 191 Å². The van der Waals surface area contributed by atoms with Crippen molar-refractivity contribution in [3.05, 3.63) is 95.6 Å². The van der Waals surface area contributed by atoms with Crippen LogP contribution in [0.4, 0.5) is 5.95 Å². The molecule has 3 aromatic carbocycles. The minimum Gasteiger partial charge on any atom is -0.396 e. The lowest BCUT2D eigenvalue weighted by Crippen LogP contribution is -2.29. The first-order chi connectivity index (χ1) is 16.1. The summed E-state index contributed by atoms with van der Waals surface area (Å²) in [5.74, 6) is 0.00157. The van der Waals surface area contributed by atoms with Crippen molar-refractivity contribution in [3.8, 4) is 0 Å². The van der Waals surface area contributed by atoms with E-state index in [1.165, 1.54) is 0 Å². The molecule has 168 valence electrons. The van der Waals surface area contributed by atoms with Gasteiger partial charge in [-0.3, -0.25) is 14.2 Å². The number of carbonyl (C=O) groups is 2. The van der Waals surface area contributed by atoms with Gasteiger partial charge in [0.15, 0.2) is 5.78 Å². The van der Waals surface area contributed by atoms with Crippen LogP contribution >= 0.6 is 0 Å². The average molecular weight is 443 g/mol. The number of ketones is 1. The number of carbonyl (C=O) groups excluding carboxylic acids is 2. The van der Waals surface area contributed by atoms with Crippen LogP contribution in [0, 0.1) is 0 Å². The van der Waals surface area contributed by atoms with E-state index in [2.05, 4.69) is 10.3 Å². The normalized spacial score (nSPS) is 11.9. The Bertz CT molecular complexity index is 1250. The number of nitrogens with two attached hydrogens (primary N) is 1. The fourth-order valence-corrected chi connectivity index (χ4v) is 3.85. The molecule has 0 radical (unpaired) electrons. The number of benzene rings is 3. The summed E-state index contributed by atoms with van der Waals surface area (Å²) < 4.78 is 1.82. The number of fused-ring (bicyclic) bond motifs is 1. The van der Waals surface area contributed by atoms with E-state index in [1.807, 2.05) is 59.2 Å². The Balaban J connectivity index is 1.62. The van der Waals surface area contributed by atoms with Gasteiger partial charge in [-0.15, -0.1) is 0 Å². The molecule has 0 aliphatic rings. The van der Waals surface area contributed by atoms with Crippen LogP contribution < -0.4 is 11.1 Å². The lowest BCUT2D eigenvalue weighted by molar-refractivity contribution is -0.121. The zero-order valence-electron chi connectivity index (χ0n) is 18.1. The van der Waals surface area contributed by atoms with Crippen LogP contribution in [-0.4, -0.2) is 39.5 Å². The van der Waals surface area contributed by atoms with Gasteiger partial charge in [0.1, 0.15) is 6.04 Å². The first-order valence-electron chi connectivity index (χ1n) is 10.9. The second-order valence-electron chi connectivity index (χ2n) is 7.81. The van der Waals surface area contributed by atoms with E-state index in [0.717, 1.165) is 16.6 Å². The number of imidazole rings is 1. The molecule has 0 fully saturated rings. The maximum absolute atomic E-state index is 12.7. The van der Waals surface area contributed by atoms with Gasteiger partial charge in [-0.2, -0.15) is 0 Å². The molecule has 0 aliphatic carbocycles. The zero-order valence-corrected chi connectivity index (χ0v) is 18.1. The molecule has 4 aromatic rings. The maximum Gasteiger partial charge on any atom is 0.240 e. The van der Waals surface area contributed by atoms with E-state index in [-0.39, 0.29) is 12.4 Å². The number of anilines is 1. The van der Waals surface area contributed by atoms with Crippen molar-refractivity contribution >= 4 is 28.7 Å². The summed E-state index contributed by atoms with van der Waals surface area (Å²) in [6, 6.07) is 23.2. The average Bonchev–Trinajstić information content (AvgIpc) is 3.21. The van der Waals surface area contributed by atoms with Crippen molar-refractivity contribution in [2.24, 2.45) is 5.73 Å². The number of aromatic nitrogens is 2. The quantitative estimate of drug-likeness (QED) is 0.258. The molecule has 0 saturated carbocycles. The van der Waals surface area contributed by atoms with E-state index in [0.29, 0.717) is 36.5 Å². The lowest BCUT2D eigenvalue weighted by Gasteiger charge is -2.20. The summed E-state index contributed by atoms with van der Waals surface area (Å²) >= 11 is 0. The van der Waals surface area contributed by atoms with Crippen LogP contribution in [0.15, 0.2) is 78.9 Å². The number of nitrogens with one attached hydrogen (secondary N) is 1. The number of hydrogen-bond donors (Lipinski definition) is 3. The number of hydrogen-bond acceptors (Lipinski definition) is 5. The third kappa shape index (κ3) is 4.94. The molecule has 33 heavy (non-hydrogen) atoms. The summed E-state index contributed by atoms with van der Waals surface area (Å²) in [6.45, 7) is 0.572. The first-order valence-corrected chi connectivity index (χ1v) is 10.9. The third-order valence-electron chi connectivity index (χ3n) is 5.54. The molecule has 0 saturated heterocycles. The Morgan fingerprint density at radius 1 is 0.939 bits per heavy atom. The molecular weight excluding hydrogens is 416 g/mol. The predicted octanol–water partition coefficient (Wildman–Crippen LogP) is 3.33.